The van der Waals surface area contributed by atoms with E-state index in [1.807, 2.05) is 0 Å². The van der Waals surface area contributed by atoms with Gasteiger partial charge in [0.15, 0.2) is 5.79 Å². The summed E-state index contributed by atoms with van der Waals surface area (Å²) in [4.78, 5) is 36.6. The van der Waals surface area contributed by atoms with E-state index in [1.165, 1.54) is 12.1 Å². The topological polar surface area (TPSA) is 99.8 Å². The molecule has 1 atom stereocenters. The third-order valence-corrected chi connectivity index (χ3v) is 3.94. The van der Waals surface area contributed by atoms with Crippen LogP contribution in [-0.4, -0.2) is 38.7 Å². The summed E-state index contributed by atoms with van der Waals surface area (Å²) in [6.45, 7) is 3.66. The van der Waals surface area contributed by atoms with Crippen molar-refractivity contribution in [3.8, 4) is 5.69 Å². The highest BCUT2D eigenvalue weighted by Crippen LogP contribution is 2.22. The molecule has 0 amide bonds. The first kappa shape index (κ1) is 18.0. The molecule has 0 radical (unpaired) electrons. The maximum absolute atomic E-state index is 13.1. The third-order valence-electron chi connectivity index (χ3n) is 3.94. The Bertz CT molecular complexity index is 961. The second-order valence-corrected chi connectivity index (χ2v) is 6.35. The molecule has 2 heterocycles. The Morgan fingerprint density at radius 3 is 2.50 bits per heavy atom. The molecular formula is C17H17FN2O6. The molecule has 1 saturated heterocycles. The molecule has 138 valence electrons. The summed E-state index contributed by atoms with van der Waals surface area (Å²) in [5, 5.41) is 9.30. The van der Waals surface area contributed by atoms with Gasteiger partial charge in [-0.15, -0.1) is 0 Å². The fourth-order valence-electron chi connectivity index (χ4n) is 2.77. The minimum absolute atomic E-state index is 0.00399. The second-order valence-electron chi connectivity index (χ2n) is 6.35. The van der Waals surface area contributed by atoms with Gasteiger partial charge in [0, 0.05) is 6.20 Å². The summed E-state index contributed by atoms with van der Waals surface area (Å²) in [5.41, 5.74) is -2.25. The minimum atomic E-state index is -1.47. The van der Waals surface area contributed by atoms with E-state index in [1.54, 1.807) is 13.8 Å². The van der Waals surface area contributed by atoms with Crippen molar-refractivity contribution < 1.29 is 23.8 Å². The summed E-state index contributed by atoms with van der Waals surface area (Å²) in [5.74, 6) is -2.83. The van der Waals surface area contributed by atoms with E-state index >= 15 is 0 Å². The van der Waals surface area contributed by atoms with Gasteiger partial charge in [0.2, 0.25) is 0 Å². The smallest absolute Gasteiger partial charge is 0.342 e. The zero-order valence-electron chi connectivity index (χ0n) is 14.1. The lowest BCUT2D eigenvalue weighted by molar-refractivity contribution is -0.139. The lowest BCUT2D eigenvalue weighted by atomic mass is 10.2. The molecule has 1 fully saturated rings. The lowest BCUT2D eigenvalue weighted by Crippen LogP contribution is -2.43. The van der Waals surface area contributed by atoms with Crippen LogP contribution in [0, 0.1) is 5.82 Å². The van der Waals surface area contributed by atoms with Crippen molar-refractivity contribution in [2.24, 2.45) is 0 Å². The molecular weight excluding hydrogens is 347 g/mol. The summed E-state index contributed by atoms with van der Waals surface area (Å²) in [7, 11) is 0. The molecule has 1 unspecified atom stereocenters. The molecule has 1 aromatic heterocycles. The number of nitrogens with zero attached hydrogens (tertiary/aromatic N) is 2. The van der Waals surface area contributed by atoms with E-state index in [2.05, 4.69) is 0 Å². The van der Waals surface area contributed by atoms with Crippen molar-refractivity contribution in [3.05, 3.63) is 62.7 Å². The summed E-state index contributed by atoms with van der Waals surface area (Å²) < 4.78 is 26.0. The fourth-order valence-corrected chi connectivity index (χ4v) is 2.77. The van der Waals surface area contributed by atoms with Crippen molar-refractivity contribution in [1.82, 2.24) is 9.13 Å². The predicted molar refractivity (Wildman–Crippen MR) is 88.1 cm³/mol. The van der Waals surface area contributed by atoms with Gasteiger partial charge in [-0.25, -0.2) is 18.5 Å². The molecule has 1 aromatic carbocycles. The SMILES string of the molecule is CC1(C)OCC(Cn2cc(C(=O)O)c(=O)n(-c3ccc(F)cc3)c2=O)O1. The van der Waals surface area contributed by atoms with Crippen LogP contribution in [0.25, 0.3) is 5.69 Å². The minimum Gasteiger partial charge on any atom is -0.477 e. The summed E-state index contributed by atoms with van der Waals surface area (Å²) in [6.07, 6.45) is 0.505. The standard InChI is InChI=1S/C17H17FN2O6/c1-17(2)25-9-12(26-17)7-19-8-13(15(22)23)14(21)20(16(19)24)11-5-3-10(18)4-6-11/h3-6,8,12H,7,9H2,1-2H3,(H,22,23). The Kier molecular flexibility index (Phi) is 4.51. The van der Waals surface area contributed by atoms with Gasteiger partial charge in [0.05, 0.1) is 18.8 Å². The van der Waals surface area contributed by atoms with E-state index in [0.717, 1.165) is 22.9 Å². The number of carboxylic acids is 1. The number of carboxylic acid groups (broad SMARTS) is 1. The number of aromatic nitrogens is 2. The van der Waals surface area contributed by atoms with Crippen molar-refractivity contribution in [3.63, 3.8) is 0 Å². The van der Waals surface area contributed by atoms with Gasteiger partial charge in [0.25, 0.3) is 5.56 Å². The Morgan fingerprint density at radius 2 is 1.96 bits per heavy atom. The van der Waals surface area contributed by atoms with Gasteiger partial charge in [-0.05, 0) is 38.1 Å². The Morgan fingerprint density at radius 1 is 1.31 bits per heavy atom. The van der Waals surface area contributed by atoms with Crippen LogP contribution >= 0.6 is 0 Å². The molecule has 0 bridgehead atoms. The Hall–Kier alpha value is -2.78. The molecule has 1 aliphatic heterocycles. The maximum atomic E-state index is 13.1. The van der Waals surface area contributed by atoms with Gasteiger partial charge in [0.1, 0.15) is 17.5 Å². The van der Waals surface area contributed by atoms with E-state index in [9.17, 15) is 23.9 Å². The van der Waals surface area contributed by atoms with Crippen molar-refractivity contribution in [1.29, 1.82) is 0 Å². The number of halogens is 1. The summed E-state index contributed by atoms with van der Waals surface area (Å²) >= 11 is 0. The van der Waals surface area contributed by atoms with Crippen LogP contribution in [0.15, 0.2) is 40.1 Å². The van der Waals surface area contributed by atoms with Gasteiger partial charge < -0.3 is 14.6 Å². The highest BCUT2D eigenvalue weighted by atomic mass is 19.1. The van der Waals surface area contributed by atoms with Gasteiger partial charge in [-0.1, -0.05) is 0 Å². The predicted octanol–water partition coefficient (Wildman–Crippen LogP) is 0.988. The normalized spacial score (nSPS) is 18.8. The average molecular weight is 364 g/mol. The lowest BCUT2D eigenvalue weighted by Gasteiger charge is -2.18. The van der Waals surface area contributed by atoms with Crippen molar-refractivity contribution >= 4 is 5.97 Å². The first-order valence-corrected chi connectivity index (χ1v) is 7.85. The Balaban J connectivity index is 2.11. The number of hydrogen-bond acceptors (Lipinski definition) is 5. The van der Waals surface area contributed by atoms with E-state index in [0.29, 0.717) is 4.57 Å². The average Bonchev–Trinajstić information content (AvgIpc) is 2.90. The highest BCUT2D eigenvalue weighted by Gasteiger charge is 2.33. The maximum Gasteiger partial charge on any atom is 0.342 e. The number of carbonyl (C=O) groups is 1. The summed E-state index contributed by atoms with van der Waals surface area (Å²) in [6, 6.07) is 4.61. The fraction of sp³-hybridized carbons (Fsp3) is 0.353. The molecule has 9 heteroatoms. The number of benzene rings is 1. The highest BCUT2D eigenvalue weighted by molar-refractivity contribution is 5.86. The van der Waals surface area contributed by atoms with Gasteiger partial charge >= 0.3 is 11.7 Å². The van der Waals surface area contributed by atoms with Crippen LogP contribution in [0.4, 0.5) is 4.39 Å². The zero-order valence-corrected chi connectivity index (χ0v) is 14.1. The van der Waals surface area contributed by atoms with Crippen molar-refractivity contribution in [2.75, 3.05) is 6.61 Å². The first-order chi connectivity index (χ1) is 12.2. The molecule has 0 saturated carbocycles. The van der Waals surface area contributed by atoms with Crippen LogP contribution in [-0.2, 0) is 16.0 Å². The zero-order chi connectivity index (χ0) is 19.1. The molecule has 0 aliphatic carbocycles. The van der Waals surface area contributed by atoms with E-state index in [4.69, 9.17) is 9.47 Å². The first-order valence-electron chi connectivity index (χ1n) is 7.85. The van der Waals surface area contributed by atoms with Gasteiger partial charge in [-0.3, -0.25) is 9.36 Å². The van der Waals surface area contributed by atoms with Crippen LogP contribution in [0.3, 0.4) is 0 Å². The quantitative estimate of drug-likeness (QED) is 0.868. The number of hydrogen-bond donors (Lipinski definition) is 1. The number of rotatable bonds is 4. The molecule has 3 rings (SSSR count). The molecule has 1 aliphatic rings. The van der Waals surface area contributed by atoms with Crippen LogP contribution in [0.5, 0.6) is 0 Å². The van der Waals surface area contributed by atoms with E-state index < -0.39 is 40.5 Å². The number of aromatic carboxylic acids is 1. The van der Waals surface area contributed by atoms with Gasteiger partial charge in [-0.2, -0.15) is 0 Å². The molecule has 0 spiro atoms. The molecule has 1 N–H and O–H groups in total. The third kappa shape index (κ3) is 3.44. The second kappa shape index (κ2) is 6.50. The van der Waals surface area contributed by atoms with Crippen LogP contribution in [0.1, 0.15) is 24.2 Å². The largest absolute Gasteiger partial charge is 0.477 e. The van der Waals surface area contributed by atoms with Crippen molar-refractivity contribution in [2.45, 2.75) is 32.3 Å². The Labute approximate surface area is 147 Å². The molecule has 2 aromatic rings. The van der Waals surface area contributed by atoms with E-state index in [-0.39, 0.29) is 18.8 Å². The monoisotopic (exact) mass is 364 g/mol. The number of ether oxygens (including phenoxy) is 2. The van der Waals surface area contributed by atoms with Crippen LogP contribution in [0.2, 0.25) is 0 Å². The molecule has 26 heavy (non-hydrogen) atoms. The molecule has 8 nitrogen and oxygen atoms in total. The van der Waals surface area contributed by atoms with Crippen LogP contribution < -0.4 is 11.2 Å².